The third-order valence-corrected chi connectivity index (χ3v) is 7.41. The van der Waals surface area contributed by atoms with Gasteiger partial charge in [-0.15, -0.1) is 0 Å². The second-order valence-corrected chi connectivity index (χ2v) is 10.2. The Morgan fingerprint density at radius 1 is 1.09 bits per heavy atom. The molecule has 9 heteroatoms. The van der Waals surface area contributed by atoms with Crippen LogP contribution in [0.5, 0.6) is 0 Å². The zero-order valence-corrected chi connectivity index (χ0v) is 19.2. The van der Waals surface area contributed by atoms with Gasteiger partial charge in [-0.1, -0.05) is 49.3 Å². The first-order valence-corrected chi connectivity index (χ1v) is 12.0. The number of benzene rings is 2. The molecule has 2 heterocycles. The number of piperazine rings is 1. The summed E-state index contributed by atoms with van der Waals surface area (Å²) in [5, 5.41) is 3.93. The van der Waals surface area contributed by atoms with Crippen molar-refractivity contribution in [2.75, 3.05) is 19.6 Å². The molecule has 0 N–H and O–H groups in total. The summed E-state index contributed by atoms with van der Waals surface area (Å²) in [6, 6.07) is 14.5. The lowest BCUT2D eigenvalue weighted by Crippen LogP contribution is -2.51. The van der Waals surface area contributed by atoms with Crippen molar-refractivity contribution in [3.8, 4) is 11.4 Å². The SMILES string of the molecule is Cc1nc(-c2cccc(CN3CCN(S(=O)(=O)c4ccc(C(C)C)cc4)CC3=O)c2)no1. The fraction of sp³-hybridized carbons (Fsp3) is 0.348. The van der Waals surface area contributed by atoms with Gasteiger partial charge in [-0.3, -0.25) is 4.79 Å². The summed E-state index contributed by atoms with van der Waals surface area (Å²) in [6.45, 7) is 6.64. The fourth-order valence-electron chi connectivity index (χ4n) is 3.68. The van der Waals surface area contributed by atoms with E-state index < -0.39 is 10.0 Å². The summed E-state index contributed by atoms with van der Waals surface area (Å²) in [5.41, 5.74) is 2.79. The highest BCUT2D eigenvalue weighted by Crippen LogP contribution is 2.23. The Hall–Kier alpha value is -3.04. The molecule has 1 amide bonds. The van der Waals surface area contributed by atoms with Crippen LogP contribution >= 0.6 is 0 Å². The van der Waals surface area contributed by atoms with E-state index in [0.29, 0.717) is 30.7 Å². The van der Waals surface area contributed by atoms with Gasteiger partial charge in [0, 0.05) is 32.1 Å². The third kappa shape index (κ3) is 4.58. The van der Waals surface area contributed by atoms with Gasteiger partial charge in [0.25, 0.3) is 0 Å². The van der Waals surface area contributed by atoms with Crippen molar-refractivity contribution >= 4 is 15.9 Å². The first kappa shape index (κ1) is 22.2. The first-order valence-electron chi connectivity index (χ1n) is 10.5. The molecule has 168 valence electrons. The molecule has 0 unspecified atom stereocenters. The predicted octanol–water partition coefficient (Wildman–Crippen LogP) is 3.20. The minimum absolute atomic E-state index is 0.169. The van der Waals surface area contributed by atoms with Crippen LogP contribution in [0.3, 0.4) is 0 Å². The maximum Gasteiger partial charge on any atom is 0.243 e. The molecule has 0 bridgehead atoms. The molecule has 1 saturated heterocycles. The molecular formula is C23H26N4O4S. The summed E-state index contributed by atoms with van der Waals surface area (Å²) < 4.78 is 32.3. The van der Waals surface area contributed by atoms with E-state index in [0.717, 1.165) is 16.7 Å². The molecule has 0 spiro atoms. The summed E-state index contributed by atoms with van der Waals surface area (Å²) >= 11 is 0. The van der Waals surface area contributed by atoms with E-state index in [2.05, 4.69) is 24.0 Å². The number of hydrogen-bond donors (Lipinski definition) is 0. The van der Waals surface area contributed by atoms with Crippen molar-refractivity contribution in [2.24, 2.45) is 0 Å². The van der Waals surface area contributed by atoms with Crippen LogP contribution in [0, 0.1) is 6.92 Å². The Bertz CT molecular complexity index is 1220. The Morgan fingerprint density at radius 3 is 2.47 bits per heavy atom. The van der Waals surface area contributed by atoms with Gasteiger partial charge >= 0.3 is 0 Å². The Labute approximate surface area is 187 Å². The monoisotopic (exact) mass is 454 g/mol. The van der Waals surface area contributed by atoms with E-state index in [9.17, 15) is 13.2 Å². The Morgan fingerprint density at radius 2 is 1.84 bits per heavy atom. The number of hydrogen-bond acceptors (Lipinski definition) is 6. The highest BCUT2D eigenvalue weighted by atomic mass is 32.2. The van der Waals surface area contributed by atoms with Crippen LogP contribution in [0.1, 0.15) is 36.8 Å². The number of aromatic nitrogens is 2. The molecule has 0 radical (unpaired) electrons. The molecule has 32 heavy (non-hydrogen) atoms. The number of amides is 1. The number of carbonyl (C=O) groups is 1. The van der Waals surface area contributed by atoms with Crippen LogP contribution in [0.4, 0.5) is 0 Å². The van der Waals surface area contributed by atoms with Crippen molar-refractivity contribution in [1.29, 1.82) is 0 Å². The van der Waals surface area contributed by atoms with E-state index in [1.807, 2.05) is 36.4 Å². The minimum Gasteiger partial charge on any atom is -0.339 e. The number of rotatable bonds is 6. The van der Waals surface area contributed by atoms with Crippen LogP contribution in [0.15, 0.2) is 57.9 Å². The van der Waals surface area contributed by atoms with Gasteiger partial charge < -0.3 is 9.42 Å². The quantitative estimate of drug-likeness (QED) is 0.567. The van der Waals surface area contributed by atoms with Gasteiger partial charge in [0.15, 0.2) is 0 Å². The molecule has 1 fully saturated rings. The molecule has 1 aliphatic heterocycles. The van der Waals surface area contributed by atoms with Crippen molar-refractivity contribution in [2.45, 2.75) is 38.1 Å². The van der Waals surface area contributed by atoms with E-state index >= 15 is 0 Å². The lowest BCUT2D eigenvalue weighted by atomic mass is 10.0. The summed E-state index contributed by atoms with van der Waals surface area (Å²) in [6.07, 6.45) is 0. The molecule has 0 atom stereocenters. The van der Waals surface area contributed by atoms with Gasteiger partial charge in [0.05, 0.1) is 11.4 Å². The second kappa shape index (κ2) is 8.84. The van der Waals surface area contributed by atoms with Crippen molar-refractivity contribution in [1.82, 2.24) is 19.3 Å². The average Bonchev–Trinajstić information content (AvgIpc) is 3.22. The van der Waals surface area contributed by atoms with Crippen LogP contribution in [0.2, 0.25) is 0 Å². The molecule has 0 aliphatic carbocycles. The largest absolute Gasteiger partial charge is 0.339 e. The second-order valence-electron chi connectivity index (χ2n) is 8.22. The van der Waals surface area contributed by atoms with Gasteiger partial charge in [0.1, 0.15) is 0 Å². The molecule has 4 rings (SSSR count). The van der Waals surface area contributed by atoms with Crippen LogP contribution < -0.4 is 0 Å². The average molecular weight is 455 g/mol. The molecule has 8 nitrogen and oxygen atoms in total. The highest BCUT2D eigenvalue weighted by molar-refractivity contribution is 7.89. The zero-order chi connectivity index (χ0) is 22.9. The fourth-order valence-corrected chi connectivity index (χ4v) is 5.06. The molecule has 3 aromatic rings. The lowest BCUT2D eigenvalue weighted by molar-refractivity contribution is -0.134. The van der Waals surface area contributed by atoms with E-state index in [4.69, 9.17) is 4.52 Å². The normalized spacial score (nSPS) is 15.5. The zero-order valence-electron chi connectivity index (χ0n) is 18.4. The van der Waals surface area contributed by atoms with Crippen LogP contribution in [-0.2, 0) is 21.4 Å². The number of nitrogens with zero attached hydrogens (tertiary/aromatic N) is 4. The Kier molecular flexibility index (Phi) is 6.12. The maximum absolute atomic E-state index is 13.0. The van der Waals surface area contributed by atoms with Crippen LogP contribution in [-0.4, -0.2) is 53.3 Å². The summed E-state index contributed by atoms with van der Waals surface area (Å²) in [5.74, 6) is 1.07. The first-order chi connectivity index (χ1) is 15.2. The van der Waals surface area contributed by atoms with Gasteiger partial charge in [0.2, 0.25) is 27.6 Å². The highest BCUT2D eigenvalue weighted by Gasteiger charge is 2.32. The molecule has 1 aliphatic rings. The van der Waals surface area contributed by atoms with Gasteiger partial charge in [-0.25, -0.2) is 8.42 Å². The minimum atomic E-state index is -3.72. The van der Waals surface area contributed by atoms with E-state index in [1.54, 1.807) is 24.0 Å². The van der Waals surface area contributed by atoms with Crippen molar-refractivity contribution in [3.63, 3.8) is 0 Å². The van der Waals surface area contributed by atoms with Crippen molar-refractivity contribution in [3.05, 3.63) is 65.5 Å². The lowest BCUT2D eigenvalue weighted by Gasteiger charge is -2.33. The number of sulfonamides is 1. The summed E-state index contributed by atoms with van der Waals surface area (Å²) in [7, 11) is -3.72. The Balaban J connectivity index is 1.44. The number of carbonyl (C=O) groups excluding carboxylic acids is 1. The topological polar surface area (TPSA) is 96.6 Å². The standard InChI is InChI=1S/C23H26N4O4S/c1-16(2)19-7-9-21(10-8-19)32(29,30)27-12-11-26(22(28)15-27)14-18-5-4-6-20(13-18)23-24-17(3)31-25-23/h4-10,13,16H,11-12,14-15H2,1-3H3. The molecule has 2 aromatic carbocycles. The maximum atomic E-state index is 13.0. The third-order valence-electron chi connectivity index (χ3n) is 5.55. The van der Waals surface area contributed by atoms with Crippen molar-refractivity contribution < 1.29 is 17.7 Å². The molecule has 0 saturated carbocycles. The smallest absolute Gasteiger partial charge is 0.243 e. The summed E-state index contributed by atoms with van der Waals surface area (Å²) in [4.78, 5) is 18.9. The van der Waals surface area contributed by atoms with Gasteiger partial charge in [-0.05, 0) is 35.2 Å². The predicted molar refractivity (Wildman–Crippen MR) is 119 cm³/mol. The van der Waals surface area contributed by atoms with Crippen LogP contribution in [0.25, 0.3) is 11.4 Å². The number of aryl methyl sites for hydroxylation is 1. The molecule has 1 aromatic heterocycles. The van der Waals surface area contributed by atoms with E-state index in [-0.39, 0.29) is 23.9 Å². The van der Waals surface area contributed by atoms with Gasteiger partial charge in [-0.2, -0.15) is 9.29 Å². The molecular weight excluding hydrogens is 428 g/mol. The van der Waals surface area contributed by atoms with E-state index in [1.165, 1.54) is 4.31 Å².